The van der Waals surface area contributed by atoms with Crippen LogP contribution in [0.2, 0.25) is 0 Å². The van der Waals surface area contributed by atoms with Gasteiger partial charge in [0, 0.05) is 0 Å². The Morgan fingerprint density at radius 1 is 0.537 bits per heavy atom. The summed E-state index contributed by atoms with van der Waals surface area (Å²) in [4.78, 5) is 0. The Morgan fingerprint density at radius 2 is 1.00 bits per heavy atom. The second-order valence-corrected chi connectivity index (χ2v) is 14.8. The van der Waals surface area contributed by atoms with Crippen molar-refractivity contribution in [1.82, 2.24) is 0 Å². The molecular weight excluding hydrogens is 506 g/mol. The van der Waals surface area contributed by atoms with Crippen molar-refractivity contribution in [1.29, 1.82) is 0 Å². The van der Waals surface area contributed by atoms with Crippen LogP contribution in [0.4, 0.5) is 8.78 Å². The smallest absolute Gasteiger partial charge is 0.159 e. The lowest BCUT2D eigenvalue weighted by Crippen LogP contribution is -2.69. The zero-order valence-corrected chi connectivity index (χ0v) is 24.6. The van der Waals surface area contributed by atoms with Gasteiger partial charge in [-0.05, 0) is 138 Å². The highest BCUT2D eigenvalue weighted by molar-refractivity contribution is 5.64. The van der Waals surface area contributed by atoms with E-state index < -0.39 is 11.6 Å². The molecule has 7 saturated carbocycles. The molecule has 0 atom stereocenters. The van der Waals surface area contributed by atoms with E-state index in [1.807, 2.05) is 0 Å². The van der Waals surface area contributed by atoms with Gasteiger partial charge in [0.1, 0.15) is 0 Å². The average Bonchev–Trinajstić information content (AvgIpc) is 3.01. The summed E-state index contributed by atoms with van der Waals surface area (Å²) in [5.74, 6) is 3.87. The maximum atomic E-state index is 13.9. The van der Waals surface area contributed by atoms with Crippen LogP contribution < -0.4 is 0 Å². The third kappa shape index (κ3) is 4.09. The van der Waals surface area contributed by atoms with E-state index in [1.165, 1.54) is 100 Å². The first kappa shape index (κ1) is 26.2. The highest BCUT2D eigenvalue weighted by Crippen LogP contribution is 2.77. The van der Waals surface area contributed by atoms with Crippen LogP contribution in [0.5, 0.6) is 0 Å². The lowest BCUT2D eigenvalue weighted by atomic mass is 9.29. The second-order valence-electron chi connectivity index (χ2n) is 14.8. The van der Waals surface area contributed by atoms with E-state index in [9.17, 15) is 8.78 Å². The van der Waals surface area contributed by atoms with Gasteiger partial charge in [-0.3, -0.25) is 0 Å². The maximum Gasteiger partial charge on any atom is 0.159 e. The highest BCUT2D eigenvalue weighted by Gasteiger charge is 2.70. The van der Waals surface area contributed by atoms with Gasteiger partial charge in [-0.2, -0.15) is 0 Å². The number of halogens is 2. The zero-order chi connectivity index (χ0) is 27.8. The van der Waals surface area contributed by atoms with Crippen LogP contribution >= 0.6 is 0 Å². The molecule has 10 rings (SSSR count). The van der Waals surface area contributed by atoms with Crippen molar-refractivity contribution in [3.8, 4) is 11.1 Å². The molecule has 0 unspecified atom stereocenters. The summed E-state index contributed by atoms with van der Waals surface area (Å²) in [6, 6.07) is 23.2. The summed E-state index contributed by atoms with van der Waals surface area (Å²) in [6.45, 7) is 2.29. The number of rotatable bonds is 9. The van der Waals surface area contributed by atoms with Crippen LogP contribution in [-0.4, -0.2) is 0 Å². The Balaban J connectivity index is 0.993. The van der Waals surface area contributed by atoms with Crippen LogP contribution in [0.15, 0.2) is 66.7 Å². The standard InChI is InChI=1S/C39H44F2/c1-2-3-4-5-6-7-25-8-13-28(14-9-25)38-19-30-33-22-39(23-34(30)32(21-38)35(24-39)31(33)20-38)29-15-10-26(11-16-29)27-12-17-36(40)37(41)18-27/h8-18,30-35H,2-7,19-24H2,1H3. The fraction of sp³-hybridized carbons (Fsp3) is 0.538. The van der Waals surface area contributed by atoms with E-state index in [-0.39, 0.29) is 0 Å². The van der Waals surface area contributed by atoms with E-state index in [1.54, 1.807) is 11.6 Å². The van der Waals surface area contributed by atoms with Crippen molar-refractivity contribution in [3.63, 3.8) is 0 Å². The van der Waals surface area contributed by atoms with E-state index in [0.717, 1.165) is 46.6 Å². The number of unbranched alkanes of at least 4 members (excludes halogenated alkanes) is 4. The molecule has 0 radical (unpaired) electrons. The van der Waals surface area contributed by atoms with E-state index in [2.05, 4.69) is 55.5 Å². The first-order valence-corrected chi connectivity index (χ1v) is 16.6. The molecule has 0 N–H and O–H groups in total. The van der Waals surface area contributed by atoms with Crippen molar-refractivity contribution in [3.05, 3.63) is 95.1 Å². The topological polar surface area (TPSA) is 0 Å². The van der Waals surface area contributed by atoms with E-state index in [4.69, 9.17) is 0 Å². The molecule has 0 spiro atoms. The van der Waals surface area contributed by atoms with Crippen molar-refractivity contribution >= 4 is 0 Å². The van der Waals surface area contributed by atoms with Crippen molar-refractivity contribution in [2.24, 2.45) is 35.5 Å². The normalized spacial score (nSPS) is 35.9. The molecule has 7 fully saturated rings. The minimum absolute atomic E-state index is 0.326. The van der Waals surface area contributed by atoms with Gasteiger partial charge in [0.05, 0.1) is 0 Å². The molecule has 7 aliphatic rings. The van der Waals surface area contributed by atoms with E-state index >= 15 is 0 Å². The van der Waals surface area contributed by atoms with Gasteiger partial charge < -0.3 is 0 Å². The molecule has 0 aromatic heterocycles. The van der Waals surface area contributed by atoms with Crippen LogP contribution in [0, 0.1) is 47.1 Å². The quantitative estimate of drug-likeness (QED) is 0.233. The van der Waals surface area contributed by atoms with Crippen LogP contribution in [0.25, 0.3) is 11.1 Å². The summed E-state index contributed by atoms with van der Waals surface area (Å²) < 4.78 is 27.3. The summed E-state index contributed by atoms with van der Waals surface area (Å²) in [5.41, 5.74) is 7.17. The van der Waals surface area contributed by atoms with Gasteiger partial charge >= 0.3 is 0 Å². The summed E-state index contributed by atoms with van der Waals surface area (Å²) >= 11 is 0. The fourth-order valence-electron chi connectivity index (χ4n) is 11.3. The Kier molecular flexibility index (Phi) is 6.24. The van der Waals surface area contributed by atoms with Crippen molar-refractivity contribution < 1.29 is 8.78 Å². The second kappa shape index (κ2) is 9.78. The van der Waals surface area contributed by atoms with Crippen LogP contribution in [0.1, 0.15) is 94.2 Å². The van der Waals surface area contributed by atoms with Gasteiger partial charge in [-0.25, -0.2) is 8.78 Å². The number of hydrogen-bond acceptors (Lipinski definition) is 0. The molecule has 0 heterocycles. The Bertz CT molecular complexity index is 1350. The van der Waals surface area contributed by atoms with E-state index in [0.29, 0.717) is 10.8 Å². The number of hydrogen-bond donors (Lipinski definition) is 0. The predicted molar refractivity (Wildman–Crippen MR) is 163 cm³/mol. The minimum atomic E-state index is -0.783. The van der Waals surface area contributed by atoms with Crippen LogP contribution in [-0.2, 0) is 17.3 Å². The summed E-state index contributed by atoms with van der Waals surface area (Å²) in [6.07, 6.45) is 16.4. The lowest BCUT2D eigenvalue weighted by molar-refractivity contribution is -0.221. The van der Waals surface area contributed by atoms with Crippen LogP contribution in [0.3, 0.4) is 0 Å². The molecule has 8 bridgehead atoms. The molecule has 0 nitrogen and oxygen atoms in total. The van der Waals surface area contributed by atoms with Gasteiger partial charge in [0.15, 0.2) is 11.6 Å². The minimum Gasteiger partial charge on any atom is -0.204 e. The molecule has 3 aromatic rings. The highest BCUT2D eigenvalue weighted by atomic mass is 19.2. The maximum absolute atomic E-state index is 13.9. The molecule has 7 aliphatic carbocycles. The van der Waals surface area contributed by atoms with Gasteiger partial charge in [-0.1, -0.05) is 87.2 Å². The third-order valence-corrected chi connectivity index (χ3v) is 12.9. The average molecular weight is 551 g/mol. The molecule has 3 aromatic carbocycles. The molecule has 214 valence electrons. The third-order valence-electron chi connectivity index (χ3n) is 12.9. The Hall–Kier alpha value is -2.48. The molecule has 0 saturated heterocycles. The zero-order valence-electron chi connectivity index (χ0n) is 24.6. The first-order chi connectivity index (χ1) is 20.0. The fourth-order valence-corrected chi connectivity index (χ4v) is 11.3. The molecule has 0 aliphatic heterocycles. The Labute approximate surface area is 245 Å². The predicted octanol–water partition coefficient (Wildman–Crippen LogP) is 10.4. The largest absolute Gasteiger partial charge is 0.204 e. The Morgan fingerprint density at radius 3 is 1.49 bits per heavy atom. The summed E-state index contributed by atoms with van der Waals surface area (Å²) in [5, 5.41) is 0. The van der Waals surface area contributed by atoms with Gasteiger partial charge in [0.25, 0.3) is 0 Å². The monoisotopic (exact) mass is 550 g/mol. The number of benzene rings is 3. The first-order valence-electron chi connectivity index (χ1n) is 16.6. The number of aryl methyl sites for hydroxylation is 1. The van der Waals surface area contributed by atoms with Gasteiger partial charge in [-0.15, -0.1) is 0 Å². The molecule has 41 heavy (non-hydrogen) atoms. The SMILES string of the molecule is CCCCCCCc1ccc(C23CC4C5CC6(c7ccc(-c8ccc(F)c(F)c8)cc7)CC4C(C2)C(C6)C5C3)cc1. The molecule has 2 heteroatoms. The summed E-state index contributed by atoms with van der Waals surface area (Å²) in [7, 11) is 0. The van der Waals surface area contributed by atoms with Crippen molar-refractivity contribution in [2.75, 3.05) is 0 Å². The molecular formula is C39H44F2. The van der Waals surface area contributed by atoms with Crippen molar-refractivity contribution in [2.45, 2.75) is 94.8 Å². The molecule has 0 amide bonds. The van der Waals surface area contributed by atoms with Gasteiger partial charge in [0.2, 0.25) is 0 Å². The lowest BCUT2D eigenvalue weighted by Gasteiger charge is -2.75.